The molecule has 1 amide bonds. The predicted octanol–water partition coefficient (Wildman–Crippen LogP) is 1.09. The minimum absolute atomic E-state index is 0.0818. The van der Waals surface area contributed by atoms with Crippen molar-refractivity contribution in [2.75, 3.05) is 19.6 Å². The quantitative estimate of drug-likeness (QED) is 0.746. The Morgan fingerprint density at radius 3 is 2.67 bits per heavy atom. The molecule has 0 spiro atoms. The molecule has 5 nitrogen and oxygen atoms in total. The molecule has 1 aliphatic rings. The summed E-state index contributed by atoms with van der Waals surface area (Å²) >= 11 is 0. The summed E-state index contributed by atoms with van der Waals surface area (Å²) in [6, 6.07) is 0.307. The summed E-state index contributed by atoms with van der Waals surface area (Å²) in [4.78, 5) is 23.9. The Labute approximate surface area is 109 Å². The van der Waals surface area contributed by atoms with Crippen molar-refractivity contribution in [2.45, 2.75) is 45.6 Å². The molecule has 104 valence electrons. The molecule has 0 bridgehead atoms. The van der Waals surface area contributed by atoms with E-state index < -0.39 is 5.97 Å². The molecule has 1 rings (SSSR count). The molecule has 2 N–H and O–H groups in total. The number of hydrogen-bond donors (Lipinski definition) is 2. The van der Waals surface area contributed by atoms with Gasteiger partial charge in [0.25, 0.3) is 0 Å². The number of carboxylic acids is 1. The molecule has 0 saturated carbocycles. The number of rotatable bonds is 6. The van der Waals surface area contributed by atoms with Crippen molar-refractivity contribution in [2.24, 2.45) is 5.92 Å². The van der Waals surface area contributed by atoms with Gasteiger partial charge in [-0.25, -0.2) is 0 Å². The van der Waals surface area contributed by atoms with E-state index in [1.165, 1.54) is 0 Å². The van der Waals surface area contributed by atoms with Crippen LogP contribution < -0.4 is 5.32 Å². The van der Waals surface area contributed by atoms with E-state index in [0.29, 0.717) is 24.9 Å². The maximum atomic E-state index is 11.5. The van der Waals surface area contributed by atoms with E-state index in [4.69, 9.17) is 5.11 Å². The van der Waals surface area contributed by atoms with Gasteiger partial charge in [-0.05, 0) is 31.7 Å². The zero-order valence-electron chi connectivity index (χ0n) is 11.3. The molecule has 1 fully saturated rings. The minimum Gasteiger partial charge on any atom is -0.481 e. The third-order valence-electron chi connectivity index (χ3n) is 3.43. The van der Waals surface area contributed by atoms with Gasteiger partial charge in [-0.15, -0.1) is 0 Å². The lowest BCUT2D eigenvalue weighted by Crippen LogP contribution is -2.50. The molecular weight excluding hydrogens is 232 g/mol. The van der Waals surface area contributed by atoms with Crippen LogP contribution in [0, 0.1) is 5.92 Å². The second-order valence-electron chi connectivity index (χ2n) is 5.11. The molecule has 0 aromatic carbocycles. The van der Waals surface area contributed by atoms with Crippen LogP contribution in [-0.2, 0) is 9.59 Å². The summed E-state index contributed by atoms with van der Waals surface area (Å²) in [7, 11) is 0. The van der Waals surface area contributed by atoms with Gasteiger partial charge in [0.15, 0.2) is 0 Å². The van der Waals surface area contributed by atoms with Crippen LogP contribution in [0.3, 0.4) is 0 Å². The number of likely N-dealkylation sites (tertiary alicyclic amines) is 1. The zero-order valence-corrected chi connectivity index (χ0v) is 11.3. The molecule has 2 unspecified atom stereocenters. The van der Waals surface area contributed by atoms with Crippen molar-refractivity contribution in [1.82, 2.24) is 10.2 Å². The molecule has 0 radical (unpaired) electrons. The van der Waals surface area contributed by atoms with Gasteiger partial charge in [0, 0.05) is 32.5 Å². The Balaban J connectivity index is 2.50. The van der Waals surface area contributed by atoms with Crippen molar-refractivity contribution >= 4 is 11.9 Å². The second kappa shape index (κ2) is 7.36. The van der Waals surface area contributed by atoms with Crippen LogP contribution >= 0.6 is 0 Å². The van der Waals surface area contributed by atoms with Gasteiger partial charge >= 0.3 is 5.97 Å². The van der Waals surface area contributed by atoms with Crippen LogP contribution in [0.4, 0.5) is 0 Å². The summed E-state index contributed by atoms with van der Waals surface area (Å²) in [6.45, 7) is 6.09. The molecule has 18 heavy (non-hydrogen) atoms. The second-order valence-corrected chi connectivity index (χ2v) is 5.11. The van der Waals surface area contributed by atoms with E-state index in [2.05, 4.69) is 12.2 Å². The lowest BCUT2D eigenvalue weighted by Gasteiger charge is -2.37. The van der Waals surface area contributed by atoms with Crippen LogP contribution in [0.5, 0.6) is 0 Å². The highest BCUT2D eigenvalue weighted by atomic mass is 16.4. The van der Waals surface area contributed by atoms with Crippen LogP contribution in [0.15, 0.2) is 0 Å². The van der Waals surface area contributed by atoms with Gasteiger partial charge in [0.1, 0.15) is 0 Å². The van der Waals surface area contributed by atoms with Gasteiger partial charge in [0.05, 0.1) is 0 Å². The van der Waals surface area contributed by atoms with Crippen LogP contribution in [-0.4, -0.2) is 47.6 Å². The van der Waals surface area contributed by atoms with E-state index in [1.807, 2.05) is 4.90 Å². The topological polar surface area (TPSA) is 69.6 Å². The Hall–Kier alpha value is -1.10. The SMILES string of the molecule is CCCNC1CC(CCC(=O)O)CN(C(C)=O)C1. The van der Waals surface area contributed by atoms with Crippen LogP contribution in [0.1, 0.15) is 39.5 Å². The highest BCUT2D eigenvalue weighted by Gasteiger charge is 2.28. The standard InChI is InChI=1S/C13H24N2O3/c1-3-6-14-12-7-11(4-5-13(17)18)8-15(9-12)10(2)16/h11-12,14H,3-9H2,1-2H3,(H,17,18). The average molecular weight is 256 g/mol. The lowest BCUT2D eigenvalue weighted by atomic mass is 9.90. The number of piperidine rings is 1. The summed E-state index contributed by atoms with van der Waals surface area (Å²) < 4.78 is 0. The fourth-order valence-electron chi connectivity index (χ4n) is 2.49. The molecule has 5 heteroatoms. The van der Waals surface area contributed by atoms with E-state index >= 15 is 0 Å². The maximum absolute atomic E-state index is 11.5. The first-order valence-electron chi connectivity index (χ1n) is 6.73. The Morgan fingerprint density at radius 2 is 2.11 bits per heavy atom. The first kappa shape index (κ1) is 15.0. The minimum atomic E-state index is -0.756. The monoisotopic (exact) mass is 256 g/mol. The van der Waals surface area contributed by atoms with Crippen LogP contribution in [0.25, 0.3) is 0 Å². The predicted molar refractivity (Wildman–Crippen MR) is 69.3 cm³/mol. The van der Waals surface area contributed by atoms with E-state index in [1.54, 1.807) is 6.92 Å². The average Bonchev–Trinajstić information content (AvgIpc) is 2.33. The molecule has 1 saturated heterocycles. The number of nitrogens with one attached hydrogen (secondary N) is 1. The smallest absolute Gasteiger partial charge is 0.303 e. The molecule has 1 aliphatic heterocycles. The number of amides is 1. The summed E-state index contributed by atoms with van der Waals surface area (Å²) in [5.41, 5.74) is 0. The van der Waals surface area contributed by atoms with Gasteiger partial charge in [-0.1, -0.05) is 6.92 Å². The fraction of sp³-hybridized carbons (Fsp3) is 0.846. The van der Waals surface area contributed by atoms with Crippen LogP contribution in [0.2, 0.25) is 0 Å². The molecule has 0 aliphatic carbocycles. The summed E-state index contributed by atoms with van der Waals surface area (Å²) in [5.74, 6) is -0.376. The van der Waals surface area contributed by atoms with Gasteiger partial charge in [-0.2, -0.15) is 0 Å². The number of carbonyl (C=O) groups is 2. The Bertz CT molecular complexity index is 294. The van der Waals surface area contributed by atoms with Crippen molar-refractivity contribution in [3.05, 3.63) is 0 Å². The molecule has 2 atom stereocenters. The highest BCUT2D eigenvalue weighted by molar-refractivity contribution is 5.73. The molecule has 0 aromatic rings. The van der Waals surface area contributed by atoms with E-state index in [9.17, 15) is 9.59 Å². The molecular formula is C13H24N2O3. The molecule has 0 aromatic heterocycles. The third-order valence-corrected chi connectivity index (χ3v) is 3.43. The summed E-state index contributed by atoms with van der Waals surface area (Å²) in [6.07, 6.45) is 2.88. The lowest BCUT2D eigenvalue weighted by molar-refractivity contribution is -0.137. The van der Waals surface area contributed by atoms with Crippen molar-refractivity contribution < 1.29 is 14.7 Å². The zero-order chi connectivity index (χ0) is 13.5. The van der Waals surface area contributed by atoms with Gasteiger partial charge < -0.3 is 15.3 Å². The van der Waals surface area contributed by atoms with Crippen molar-refractivity contribution in [1.29, 1.82) is 0 Å². The number of nitrogens with zero attached hydrogens (tertiary/aromatic N) is 1. The number of hydrogen-bond acceptors (Lipinski definition) is 3. The largest absolute Gasteiger partial charge is 0.481 e. The van der Waals surface area contributed by atoms with Gasteiger partial charge in [-0.3, -0.25) is 9.59 Å². The molecule has 1 heterocycles. The first-order chi connectivity index (χ1) is 8.52. The maximum Gasteiger partial charge on any atom is 0.303 e. The Kier molecular flexibility index (Phi) is 6.12. The highest BCUT2D eigenvalue weighted by Crippen LogP contribution is 2.21. The number of carboxylic acid groups (broad SMARTS) is 1. The summed E-state index contributed by atoms with van der Waals surface area (Å²) in [5, 5.41) is 12.2. The van der Waals surface area contributed by atoms with E-state index in [0.717, 1.165) is 25.9 Å². The third kappa shape index (κ3) is 5.04. The number of aliphatic carboxylic acids is 1. The van der Waals surface area contributed by atoms with Crippen molar-refractivity contribution in [3.8, 4) is 0 Å². The first-order valence-corrected chi connectivity index (χ1v) is 6.73. The van der Waals surface area contributed by atoms with Crippen molar-refractivity contribution in [3.63, 3.8) is 0 Å². The van der Waals surface area contributed by atoms with E-state index in [-0.39, 0.29) is 12.3 Å². The Morgan fingerprint density at radius 1 is 1.39 bits per heavy atom. The normalized spacial score (nSPS) is 24.0. The fourth-order valence-corrected chi connectivity index (χ4v) is 2.49. The van der Waals surface area contributed by atoms with Gasteiger partial charge in [0.2, 0.25) is 5.91 Å². The number of carbonyl (C=O) groups excluding carboxylic acids is 1.